The quantitative estimate of drug-likeness (QED) is 0.218. The van der Waals surface area contributed by atoms with Crippen LogP contribution in [-0.2, 0) is 29.2 Å². The number of carboxylic acid groups (broad SMARTS) is 1. The third kappa shape index (κ3) is 6.68. The zero-order valence-corrected chi connectivity index (χ0v) is 23.0. The average Bonchev–Trinajstić information content (AvgIpc) is 3.31. The second kappa shape index (κ2) is 12.1. The number of imidazole rings is 1. The van der Waals surface area contributed by atoms with Crippen molar-refractivity contribution in [2.24, 2.45) is 0 Å². The van der Waals surface area contributed by atoms with Crippen LogP contribution < -0.4 is 4.72 Å². The summed E-state index contributed by atoms with van der Waals surface area (Å²) in [5.74, 6) is -3.49. The minimum absolute atomic E-state index is 0.00358. The molecule has 1 amide bonds. The van der Waals surface area contributed by atoms with Crippen molar-refractivity contribution in [1.29, 1.82) is 0 Å². The molecule has 4 rings (SSSR count). The van der Waals surface area contributed by atoms with Gasteiger partial charge in [-0.3, -0.25) is 4.79 Å². The van der Waals surface area contributed by atoms with Gasteiger partial charge in [-0.25, -0.2) is 27.3 Å². The number of hydrogen-bond donors (Lipinski definition) is 2. The third-order valence-corrected chi connectivity index (χ3v) is 7.76. The fourth-order valence-corrected chi connectivity index (χ4v) is 5.59. The van der Waals surface area contributed by atoms with Crippen LogP contribution in [0, 0.1) is 5.82 Å². The molecule has 0 bridgehead atoms. The molecule has 0 saturated carbocycles. The molecule has 1 aromatic heterocycles. The summed E-state index contributed by atoms with van der Waals surface area (Å²) in [6.07, 6.45) is -3.63. The van der Waals surface area contributed by atoms with Crippen molar-refractivity contribution in [3.63, 3.8) is 0 Å². The lowest BCUT2D eigenvalue weighted by Gasteiger charge is -2.14. The highest BCUT2D eigenvalue weighted by Gasteiger charge is 2.41. The highest BCUT2D eigenvalue weighted by atomic mass is 32.2. The summed E-state index contributed by atoms with van der Waals surface area (Å²) < 4.78 is 83.5. The number of hydrogen-bond acceptors (Lipinski definition) is 5. The number of halogens is 4. The van der Waals surface area contributed by atoms with Crippen molar-refractivity contribution in [3.05, 3.63) is 107 Å². The summed E-state index contributed by atoms with van der Waals surface area (Å²) in [4.78, 5) is 27.8. The van der Waals surface area contributed by atoms with E-state index in [9.17, 15) is 40.7 Å². The number of alkyl halides is 3. The van der Waals surface area contributed by atoms with Crippen molar-refractivity contribution < 1.29 is 40.7 Å². The van der Waals surface area contributed by atoms with Gasteiger partial charge in [0.15, 0.2) is 11.4 Å². The molecule has 0 saturated heterocycles. The monoisotopic (exact) mass is 603 g/mol. The van der Waals surface area contributed by atoms with Gasteiger partial charge in [0.25, 0.3) is 15.9 Å². The Balaban J connectivity index is 1.66. The van der Waals surface area contributed by atoms with Gasteiger partial charge in [0.1, 0.15) is 11.6 Å². The molecule has 0 aliphatic rings. The molecule has 0 spiro atoms. The smallest absolute Gasteiger partial charge is 0.435 e. The van der Waals surface area contributed by atoms with E-state index in [-0.39, 0.29) is 34.8 Å². The van der Waals surface area contributed by atoms with E-state index in [1.807, 2.05) is 11.6 Å². The van der Waals surface area contributed by atoms with Gasteiger partial charge in [0.05, 0.1) is 4.90 Å². The molecular formula is C29H25F4N3O5S. The van der Waals surface area contributed by atoms with Crippen LogP contribution in [0.4, 0.5) is 17.6 Å². The molecule has 220 valence electrons. The topological polar surface area (TPSA) is 118 Å². The maximum Gasteiger partial charge on any atom is 0.435 e. The fraction of sp³-hybridized carbons (Fsp3) is 0.207. The molecule has 0 fully saturated rings. The minimum atomic E-state index is -4.96. The van der Waals surface area contributed by atoms with Crippen LogP contribution in [0.3, 0.4) is 0 Å². The first-order chi connectivity index (χ1) is 19.8. The zero-order valence-electron chi connectivity index (χ0n) is 22.2. The second-order valence-electron chi connectivity index (χ2n) is 9.36. The van der Waals surface area contributed by atoms with Gasteiger partial charge in [-0.2, -0.15) is 13.2 Å². The number of benzene rings is 3. The molecule has 0 aliphatic heterocycles. The number of carboxylic acids is 1. The molecule has 8 nitrogen and oxygen atoms in total. The highest BCUT2D eigenvalue weighted by molar-refractivity contribution is 7.90. The van der Waals surface area contributed by atoms with Gasteiger partial charge < -0.3 is 9.67 Å². The Labute approximate surface area is 238 Å². The Morgan fingerprint density at radius 2 is 1.69 bits per heavy atom. The standard InChI is InChI=1S/C29H25F4N3O5S/c1-2-3-11-24-34-26(29(31,32)33)25(28(38)39)36(24)17-18-12-14-19(15-13-18)22-9-4-5-10-23(22)42(40,41)35-27(37)20-7-6-8-21(30)16-20/h4-10,12-16H,2-3,11,17H2,1H3,(H,35,37)(H,38,39). The molecule has 4 aromatic rings. The van der Waals surface area contributed by atoms with E-state index in [0.717, 1.165) is 16.7 Å². The number of amides is 1. The molecule has 0 aliphatic carbocycles. The maximum absolute atomic E-state index is 13.6. The Bertz CT molecular complexity index is 1730. The SMILES string of the molecule is CCCCc1nc(C(F)(F)F)c(C(=O)O)n1Cc1ccc(-c2ccccc2S(=O)(=O)NC(=O)c2cccc(F)c2)cc1. The number of nitrogens with one attached hydrogen (secondary N) is 1. The average molecular weight is 604 g/mol. The fourth-order valence-electron chi connectivity index (χ4n) is 4.39. The lowest BCUT2D eigenvalue weighted by atomic mass is 10.0. The van der Waals surface area contributed by atoms with Crippen molar-refractivity contribution in [3.8, 4) is 11.1 Å². The summed E-state index contributed by atoms with van der Waals surface area (Å²) in [5, 5.41) is 9.61. The van der Waals surface area contributed by atoms with E-state index in [1.54, 1.807) is 6.07 Å². The third-order valence-electron chi connectivity index (χ3n) is 6.37. The van der Waals surface area contributed by atoms with Gasteiger partial charge in [-0.1, -0.05) is 61.9 Å². The van der Waals surface area contributed by atoms with E-state index in [4.69, 9.17) is 0 Å². The van der Waals surface area contributed by atoms with Crippen LogP contribution in [0.25, 0.3) is 11.1 Å². The van der Waals surface area contributed by atoms with Gasteiger partial charge >= 0.3 is 12.1 Å². The zero-order chi connectivity index (χ0) is 30.7. The molecule has 0 radical (unpaired) electrons. The van der Waals surface area contributed by atoms with Crippen LogP contribution in [-0.4, -0.2) is 35.0 Å². The number of nitrogens with zero attached hydrogens (tertiary/aromatic N) is 2. The molecule has 42 heavy (non-hydrogen) atoms. The van der Waals surface area contributed by atoms with E-state index in [1.165, 1.54) is 54.6 Å². The lowest BCUT2D eigenvalue weighted by molar-refractivity contribution is -0.141. The first kappa shape index (κ1) is 30.4. The van der Waals surface area contributed by atoms with Crippen LogP contribution in [0.15, 0.2) is 77.7 Å². The van der Waals surface area contributed by atoms with Crippen LogP contribution in [0.1, 0.15) is 57.7 Å². The Kier molecular flexibility index (Phi) is 8.81. The predicted octanol–water partition coefficient (Wildman–Crippen LogP) is 5.92. The van der Waals surface area contributed by atoms with Crippen molar-refractivity contribution >= 4 is 21.9 Å². The molecule has 2 N–H and O–H groups in total. The molecule has 0 atom stereocenters. The minimum Gasteiger partial charge on any atom is -0.477 e. The Morgan fingerprint density at radius 3 is 2.31 bits per heavy atom. The summed E-state index contributed by atoms with van der Waals surface area (Å²) in [6, 6.07) is 16.5. The predicted molar refractivity (Wildman–Crippen MR) is 145 cm³/mol. The van der Waals surface area contributed by atoms with Gasteiger partial charge in [0.2, 0.25) is 0 Å². The van der Waals surface area contributed by atoms with E-state index in [2.05, 4.69) is 4.98 Å². The Hall–Kier alpha value is -4.52. The number of unbranched alkanes of at least 4 members (excludes halogenated alkanes) is 1. The normalized spacial score (nSPS) is 11.8. The molecule has 13 heteroatoms. The number of aromatic carboxylic acids is 1. The van der Waals surface area contributed by atoms with Crippen LogP contribution >= 0.6 is 0 Å². The van der Waals surface area contributed by atoms with Gasteiger partial charge in [0, 0.05) is 24.1 Å². The maximum atomic E-state index is 13.6. The Morgan fingerprint density at radius 1 is 1.00 bits per heavy atom. The number of carbonyl (C=O) groups excluding carboxylic acids is 1. The first-order valence-electron chi connectivity index (χ1n) is 12.7. The van der Waals surface area contributed by atoms with Crippen molar-refractivity contribution in [2.45, 2.75) is 43.8 Å². The number of rotatable bonds is 10. The summed E-state index contributed by atoms with van der Waals surface area (Å²) in [5.41, 5.74) is -1.53. The van der Waals surface area contributed by atoms with E-state index < -0.39 is 45.3 Å². The summed E-state index contributed by atoms with van der Waals surface area (Å²) >= 11 is 0. The van der Waals surface area contributed by atoms with E-state index in [0.29, 0.717) is 24.0 Å². The highest BCUT2D eigenvalue weighted by Crippen LogP contribution is 2.33. The summed E-state index contributed by atoms with van der Waals surface area (Å²) in [7, 11) is -4.41. The number of aryl methyl sites for hydroxylation is 1. The largest absolute Gasteiger partial charge is 0.477 e. The number of sulfonamides is 1. The number of carbonyl (C=O) groups is 2. The van der Waals surface area contributed by atoms with Gasteiger partial charge in [-0.05, 0) is 41.8 Å². The van der Waals surface area contributed by atoms with Crippen molar-refractivity contribution in [1.82, 2.24) is 14.3 Å². The van der Waals surface area contributed by atoms with Crippen LogP contribution in [0.5, 0.6) is 0 Å². The van der Waals surface area contributed by atoms with Gasteiger partial charge in [-0.15, -0.1) is 0 Å². The lowest BCUT2D eigenvalue weighted by Crippen LogP contribution is -2.31. The molecular weight excluding hydrogens is 578 g/mol. The molecule has 1 heterocycles. The number of aromatic nitrogens is 2. The second-order valence-corrected chi connectivity index (χ2v) is 11.0. The van der Waals surface area contributed by atoms with Crippen LogP contribution in [0.2, 0.25) is 0 Å². The molecule has 3 aromatic carbocycles. The first-order valence-corrected chi connectivity index (χ1v) is 14.2. The van der Waals surface area contributed by atoms with E-state index >= 15 is 0 Å². The van der Waals surface area contributed by atoms with Crippen molar-refractivity contribution in [2.75, 3.05) is 0 Å². The summed E-state index contributed by atoms with van der Waals surface area (Å²) in [6.45, 7) is 1.63. The molecule has 0 unspecified atom stereocenters.